The van der Waals surface area contributed by atoms with Crippen molar-refractivity contribution in [2.75, 3.05) is 23.4 Å². The summed E-state index contributed by atoms with van der Waals surface area (Å²) in [7, 11) is 0. The van der Waals surface area contributed by atoms with Crippen LogP contribution in [0.2, 0.25) is 0 Å². The Labute approximate surface area is 162 Å². The highest BCUT2D eigenvalue weighted by Gasteiger charge is 2.23. The number of aliphatic carboxylic acids is 1. The fourth-order valence-corrected chi connectivity index (χ4v) is 3.04. The lowest BCUT2D eigenvalue weighted by atomic mass is 10.2. The molecule has 1 unspecified atom stereocenters. The van der Waals surface area contributed by atoms with Gasteiger partial charge >= 0.3 is 11.9 Å². The maximum atomic E-state index is 12.2. The minimum Gasteiger partial charge on any atom is -0.480 e. The third-order valence-electron chi connectivity index (χ3n) is 3.68. The average Bonchev–Trinajstić information content (AvgIpc) is 2.68. The molecular formula is C19H23N3O4S. The van der Waals surface area contributed by atoms with Crippen molar-refractivity contribution >= 4 is 29.5 Å². The number of carbonyl (C=O) groups is 2. The van der Waals surface area contributed by atoms with Gasteiger partial charge in [0.15, 0.2) is 5.82 Å². The van der Waals surface area contributed by atoms with Gasteiger partial charge < -0.3 is 15.2 Å². The minimum atomic E-state index is -0.999. The third kappa shape index (κ3) is 5.96. The summed E-state index contributed by atoms with van der Waals surface area (Å²) in [5.41, 5.74) is 0.885. The van der Waals surface area contributed by atoms with Crippen LogP contribution in [-0.4, -0.2) is 51.2 Å². The summed E-state index contributed by atoms with van der Waals surface area (Å²) >= 11 is 1.66. The van der Waals surface area contributed by atoms with E-state index in [9.17, 15) is 14.7 Å². The SMILES string of the molecule is CCOC(=O)c1cnc(-c2ccccc2)nc1NC(CCSCC)C(=O)O. The van der Waals surface area contributed by atoms with Crippen LogP contribution in [0.3, 0.4) is 0 Å². The van der Waals surface area contributed by atoms with Crippen LogP contribution in [0.25, 0.3) is 11.4 Å². The normalized spacial score (nSPS) is 11.6. The number of aromatic nitrogens is 2. The Balaban J connectivity index is 2.36. The molecule has 1 aromatic heterocycles. The van der Waals surface area contributed by atoms with Crippen LogP contribution in [0.1, 0.15) is 30.6 Å². The molecule has 0 fully saturated rings. The molecule has 1 heterocycles. The van der Waals surface area contributed by atoms with Crippen molar-refractivity contribution in [3.63, 3.8) is 0 Å². The van der Waals surface area contributed by atoms with Gasteiger partial charge in [0.05, 0.1) is 6.61 Å². The van der Waals surface area contributed by atoms with Crippen molar-refractivity contribution in [2.45, 2.75) is 26.3 Å². The van der Waals surface area contributed by atoms with E-state index in [1.54, 1.807) is 18.7 Å². The summed E-state index contributed by atoms with van der Waals surface area (Å²) in [6, 6.07) is 8.41. The molecule has 0 spiro atoms. The van der Waals surface area contributed by atoms with Crippen molar-refractivity contribution in [3.05, 3.63) is 42.1 Å². The largest absolute Gasteiger partial charge is 0.480 e. The molecule has 2 aromatic rings. The fraction of sp³-hybridized carbons (Fsp3) is 0.368. The number of thioether (sulfide) groups is 1. The number of esters is 1. The van der Waals surface area contributed by atoms with Gasteiger partial charge in [0, 0.05) is 11.8 Å². The van der Waals surface area contributed by atoms with E-state index in [1.165, 1.54) is 6.20 Å². The zero-order valence-corrected chi connectivity index (χ0v) is 16.2. The quantitative estimate of drug-likeness (QED) is 0.471. The first kappa shape index (κ1) is 20.7. The lowest BCUT2D eigenvalue weighted by molar-refractivity contribution is -0.137. The summed E-state index contributed by atoms with van der Waals surface area (Å²) in [5.74, 6) is 0.570. The number of rotatable bonds is 10. The second-order valence-corrected chi connectivity index (χ2v) is 6.96. The summed E-state index contributed by atoms with van der Waals surface area (Å²) in [6.45, 7) is 3.92. The molecule has 0 radical (unpaired) electrons. The van der Waals surface area contributed by atoms with Gasteiger partial charge in [0.25, 0.3) is 0 Å². The van der Waals surface area contributed by atoms with Crippen molar-refractivity contribution < 1.29 is 19.4 Å². The number of ether oxygens (including phenoxy) is 1. The first-order chi connectivity index (χ1) is 13.1. The number of hydrogen-bond acceptors (Lipinski definition) is 7. The Hall–Kier alpha value is -2.61. The number of carboxylic acid groups (broad SMARTS) is 1. The number of anilines is 1. The molecule has 2 rings (SSSR count). The van der Waals surface area contributed by atoms with E-state index in [0.717, 1.165) is 11.3 Å². The summed E-state index contributed by atoms with van der Waals surface area (Å²) in [6.07, 6.45) is 1.77. The van der Waals surface area contributed by atoms with Crippen LogP contribution < -0.4 is 5.32 Å². The first-order valence-electron chi connectivity index (χ1n) is 8.73. The van der Waals surface area contributed by atoms with Gasteiger partial charge in [-0.1, -0.05) is 37.3 Å². The van der Waals surface area contributed by atoms with Crippen LogP contribution in [0.5, 0.6) is 0 Å². The number of nitrogens with zero attached hydrogens (tertiary/aromatic N) is 2. The monoisotopic (exact) mass is 389 g/mol. The maximum absolute atomic E-state index is 12.2. The van der Waals surface area contributed by atoms with Crippen LogP contribution in [0, 0.1) is 0 Å². The van der Waals surface area contributed by atoms with Crippen molar-refractivity contribution in [2.24, 2.45) is 0 Å². The topological polar surface area (TPSA) is 101 Å². The molecule has 0 saturated heterocycles. The Morgan fingerprint density at radius 1 is 1.26 bits per heavy atom. The average molecular weight is 389 g/mol. The minimum absolute atomic E-state index is 0.117. The van der Waals surface area contributed by atoms with Gasteiger partial charge in [-0.25, -0.2) is 19.6 Å². The highest BCUT2D eigenvalue weighted by Crippen LogP contribution is 2.21. The van der Waals surface area contributed by atoms with Gasteiger partial charge in [-0.05, 0) is 24.9 Å². The Morgan fingerprint density at radius 2 is 2.00 bits per heavy atom. The zero-order valence-electron chi connectivity index (χ0n) is 15.3. The molecule has 7 nitrogen and oxygen atoms in total. The molecule has 0 aliphatic carbocycles. The lowest BCUT2D eigenvalue weighted by Crippen LogP contribution is -2.31. The van der Waals surface area contributed by atoms with E-state index in [-0.39, 0.29) is 18.0 Å². The summed E-state index contributed by atoms with van der Waals surface area (Å²) in [4.78, 5) is 32.5. The van der Waals surface area contributed by atoms with Crippen LogP contribution in [0.15, 0.2) is 36.5 Å². The smallest absolute Gasteiger partial charge is 0.343 e. The summed E-state index contributed by atoms with van der Waals surface area (Å²) < 4.78 is 5.04. The number of benzene rings is 1. The van der Waals surface area contributed by atoms with Crippen molar-refractivity contribution in [3.8, 4) is 11.4 Å². The summed E-state index contributed by atoms with van der Waals surface area (Å²) in [5, 5.41) is 12.4. The van der Waals surface area contributed by atoms with Crippen LogP contribution >= 0.6 is 11.8 Å². The molecule has 0 aliphatic rings. The Morgan fingerprint density at radius 3 is 2.63 bits per heavy atom. The van der Waals surface area contributed by atoms with Crippen molar-refractivity contribution in [1.29, 1.82) is 0 Å². The van der Waals surface area contributed by atoms with Crippen molar-refractivity contribution in [1.82, 2.24) is 9.97 Å². The molecular weight excluding hydrogens is 366 g/mol. The van der Waals surface area contributed by atoms with Gasteiger partial charge in [0.1, 0.15) is 17.4 Å². The van der Waals surface area contributed by atoms with Crippen LogP contribution in [0.4, 0.5) is 5.82 Å². The molecule has 0 amide bonds. The molecule has 27 heavy (non-hydrogen) atoms. The number of carbonyl (C=O) groups excluding carboxylic acids is 1. The Bertz CT molecular complexity index is 771. The molecule has 0 bridgehead atoms. The molecule has 1 aromatic carbocycles. The highest BCUT2D eigenvalue weighted by molar-refractivity contribution is 7.99. The maximum Gasteiger partial charge on any atom is 0.343 e. The molecule has 144 valence electrons. The van der Waals surface area contributed by atoms with E-state index in [2.05, 4.69) is 15.3 Å². The predicted octanol–water partition coefficient (Wildman–Crippen LogP) is 3.33. The second-order valence-electron chi connectivity index (χ2n) is 5.56. The zero-order chi connectivity index (χ0) is 19.6. The molecule has 0 aliphatic heterocycles. The van der Waals surface area contributed by atoms with E-state index >= 15 is 0 Å². The van der Waals surface area contributed by atoms with E-state index in [0.29, 0.717) is 18.0 Å². The van der Waals surface area contributed by atoms with Gasteiger partial charge in [-0.15, -0.1) is 0 Å². The molecule has 2 N–H and O–H groups in total. The first-order valence-corrected chi connectivity index (χ1v) is 9.88. The highest BCUT2D eigenvalue weighted by atomic mass is 32.2. The molecule has 0 saturated carbocycles. The fourth-order valence-electron chi connectivity index (χ4n) is 2.34. The third-order valence-corrected chi connectivity index (χ3v) is 4.61. The Kier molecular flexibility index (Phi) is 8.06. The second kappa shape index (κ2) is 10.5. The standard InChI is InChI=1S/C19H23N3O4S/c1-3-26-19(25)14-12-20-16(13-8-6-5-7-9-13)22-17(14)21-15(18(23)24)10-11-27-4-2/h5-9,12,15H,3-4,10-11H2,1-2H3,(H,23,24)(H,20,21,22). The number of hydrogen-bond donors (Lipinski definition) is 2. The molecule has 1 atom stereocenters. The number of nitrogens with one attached hydrogen (secondary N) is 1. The van der Waals surface area contributed by atoms with Gasteiger partial charge in [-0.3, -0.25) is 0 Å². The van der Waals surface area contributed by atoms with Crippen LogP contribution in [-0.2, 0) is 9.53 Å². The predicted molar refractivity (Wildman–Crippen MR) is 106 cm³/mol. The van der Waals surface area contributed by atoms with Gasteiger partial charge in [0.2, 0.25) is 0 Å². The van der Waals surface area contributed by atoms with Gasteiger partial charge in [-0.2, -0.15) is 11.8 Å². The van der Waals surface area contributed by atoms with E-state index in [4.69, 9.17) is 4.74 Å². The lowest BCUT2D eigenvalue weighted by Gasteiger charge is -2.17. The molecule has 8 heteroatoms. The van der Waals surface area contributed by atoms with E-state index in [1.807, 2.05) is 37.3 Å². The number of carboxylic acids is 1. The van der Waals surface area contributed by atoms with E-state index < -0.39 is 18.0 Å².